The molecule has 0 spiro atoms. The highest BCUT2D eigenvalue weighted by atomic mass is 19.1. The number of fused-ring (bicyclic) bond motifs is 1. The first-order valence-corrected chi connectivity index (χ1v) is 5.97. The smallest absolute Gasteiger partial charge is 0.132 e. The molecule has 0 saturated carbocycles. The molecule has 92 valence electrons. The quantitative estimate of drug-likeness (QED) is 0.865. The molecule has 0 fully saturated rings. The van der Waals surface area contributed by atoms with Crippen LogP contribution < -0.4 is 5.73 Å². The molecule has 0 aliphatic carbocycles. The number of benzene rings is 1. The summed E-state index contributed by atoms with van der Waals surface area (Å²) >= 11 is 0. The number of halogens is 1. The number of nitrogens with zero attached hydrogens (tertiary/aromatic N) is 1. The van der Waals surface area contributed by atoms with Crippen LogP contribution in [0.15, 0.2) is 30.5 Å². The highest BCUT2D eigenvalue weighted by Crippen LogP contribution is 2.23. The second-order valence-corrected chi connectivity index (χ2v) is 5.30. The summed E-state index contributed by atoms with van der Waals surface area (Å²) in [5.41, 5.74) is 6.80. The third-order valence-corrected chi connectivity index (χ3v) is 3.34. The molecule has 17 heavy (non-hydrogen) atoms. The van der Waals surface area contributed by atoms with Crippen LogP contribution in [0.5, 0.6) is 0 Å². The predicted octanol–water partition coefficient (Wildman–Crippen LogP) is 3.16. The van der Waals surface area contributed by atoms with Crippen LogP contribution in [0.3, 0.4) is 0 Å². The first-order chi connectivity index (χ1) is 8.03. The van der Waals surface area contributed by atoms with Crippen LogP contribution in [-0.2, 0) is 6.54 Å². The van der Waals surface area contributed by atoms with Gasteiger partial charge in [0.1, 0.15) is 5.82 Å². The molecule has 0 bridgehead atoms. The first kappa shape index (κ1) is 12.1. The molecule has 0 amide bonds. The monoisotopic (exact) mass is 234 g/mol. The van der Waals surface area contributed by atoms with E-state index >= 15 is 0 Å². The molecule has 2 nitrogen and oxygen atoms in total. The normalized spacial score (nSPS) is 12.2. The van der Waals surface area contributed by atoms with Crippen molar-refractivity contribution in [3.8, 4) is 0 Å². The van der Waals surface area contributed by atoms with Crippen molar-refractivity contribution in [2.75, 3.05) is 6.54 Å². The van der Waals surface area contributed by atoms with Crippen LogP contribution in [0.1, 0.15) is 20.3 Å². The van der Waals surface area contributed by atoms with Gasteiger partial charge in [0.2, 0.25) is 0 Å². The molecule has 0 aliphatic heterocycles. The third kappa shape index (κ3) is 2.50. The third-order valence-electron chi connectivity index (χ3n) is 3.34. The molecular weight excluding hydrogens is 215 g/mol. The van der Waals surface area contributed by atoms with Crippen molar-refractivity contribution in [1.82, 2.24) is 4.57 Å². The van der Waals surface area contributed by atoms with Crippen LogP contribution >= 0.6 is 0 Å². The Morgan fingerprint density at radius 3 is 2.76 bits per heavy atom. The van der Waals surface area contributed by atoms with Crippen molar-refractivity contribution in [1.29, 1.82) is 0 Å². The number of aromatic nitrogens is 1. The molecule has 0 saturated heterocycles. The Bertz CT molecular complexity index is 514. The summed E-state index contributed by atoms with van der Waals surface area (Å²) < 4.78 is 15.6. The lowest BCUT2D eigenvalue weighted by molar-refractivity contribution is 0.327. The lowest BCUT2D eigenvalue weighted by Crippen LogP contribution is -2.24. The fraction of sp³-hybridized carbons (Fsp3) is 0.429. The lowest BCUT2D eigenvalue weighted by Gasteiger charge is -2.22. The molecule has 0 radical (unpaired) electrons. The lowest BCUT2D eigenvalue weighted by atomic mass is 9.90. The largest absolute Gasteiger partial charge is 0.347 e. The van der Waals surface area contributed by atoms with Crippen LogP contribution in [0.25, 0.3) is 10.9 Å². The minimum atomic E-state index is -0.153. The van der Waals surface area contributed by atoms with Crippen LogP contribution in [0.2, 0.25) is 0 Å². The van der Waals surface area contributed by atoms with Crippen molar-refractivity contribution in [3.05, 3.63) is 36.3 Å². The van der Waals surface area contributed by atoms with E-state index in [9.17, 15) is 4.39 Å². The summed E-state index contributed by atoms with van der Waals surface area (Å²) in [4.78, 5) is 0. The van der Waals surface area contributed by atoms with Crippen molar-refractivity contribution in [2.45, 2.75) is 26.8 Å². The average Bonchev–Trinajstić information content (AvgIpc) is 2.71. The first-order valence-electron chi connectivity index (χ1n) is 5.97. The highest BCUT2D eigenvalue weighted by molar-refractivity contribution is 5.80. The molecule has 0 unspecified atom stereocenters. The van der Waals surface area contributed by atoms with E-state index in [-0.39, 0.29) is 11.2 Å². The van der Waals surface area contributed by atoms with Gasteiger partial charge in [-0.15, -0.1) is 0 Å². The van der Waals surface area contributed by atoms with E-state index in [1.165, 1.54) is 6.07 Å². The summed E-state index contributed by atoms with van der Waals surface area (Å²) in [7, 11) is 0. The maximum absolute atomic E-state index is 13.5. The number of aryl methyl sites for hydroxylation is 1. The summed E-state index contributed by atoms with van der Waals surface area (Å²) in [5.74, 6) is -0.153. The van der Waals surface area contributed by atoms with Gasteiger partial charge in [0, 0.05) is 18.1 Å². The molecule has 1 aromatic heterocycles. The Hall–Kier alpha value is -1.35. The van der Waals surface area contributed by atoms with Gasteiger partial charge in [-0.05, 0) is 36.6 Å². The van der Waals surface area contributed by atoms with E-state index in [1.54, 1.807) is 6.07 Å². The molecule has 1 aromatic carbocycles. The molecule has 0 aliphatic rings. The topological polar surface area (TPSA) is 30.9 Å². The minimum absolute atomic E-state index is 0.129. The van der Waals surface area contributed by atoms with Gasteiger partial charge in [-0.25, -0.2) is 4.39 Å². The highest BCUT2D eigenvalue weighted by Gasteiger charge is 2.15. The summed E-state index contributed by atoms with van der Waals surface area (Å²) in [6, 6.07) is 7.03. The number of rotatable bonds is 4. The summed E-state index contributed by atoms with van der Waals surface area (Å²) in [6.45, 7) is 5.84. The number of hydrogen-bond acceptors (Lipinski definition) is 1. The number of nitrogens with two attached hydrogens (primary N) is 1. The minimum Gasteiger partial charge on any atom is -0.347 e. The van der Waals surface area contributed by atoms with E-state index in [2.05, 4.69) is 18.4 Å². The van der Waals surface area contributed by atoms with E-state index in [1.807, 2.05) is 18.3 Å². The molecule has 2 aromatic rings. The SMILES string of the molecule is CC(C)(CN)CCn1ccc2c(F)cccc21. The van der Waals surface area contributed by atoms with Gasteiger partial charge in [0.05, 0.1) is 5.52 Å². The van der Waals surface area contributed by atoms with Gasteiger partial charge in [-0.1, -0.05) is 19.9 Å². The van der Waals surface area contributed by atoms with Gasteiger partial charge in [0.15, 0.2) is 0 Å². The zero-order chi connectivity index (χ0) is 12.5. The molecule has 3 heteroatoms. The van der Waals surface area contributed by atoms with Crippen molar-refractivity contribution in [3.63, 3.8) is 0 Å². The zero-order valence-corrected chi connectivity index (χ0v) is 10.4. The van der Waals surface area contributed by atoms with Gasteiger partial charge >= 0.3 is 0 Å². The van der Waals surface area contributed by atoms with Crippen molar-refractivity contribution >= 4 is 10.9 Å². The maximum Gasteiger partial charge on any atom is 0.132 e. The molecular formula is C14H19FN2. The maximum atomic E-state index is 13.5. The predicted molar refractivity (Wildman–Crippen MR) is 69.3 cm³/mol. The van der Waals surface area contributed by atoms with Gasteiger partial charge in [-0.2, -0.15) is 0 Å². The number of hydrogen-bond donors (Lipinski definition) is 1. The fourth-order valence-electron chi connectivity index (χ4n) is 1.91. The second kappa shape index (κ2) is 4.49. The fourth-order valence-corrected chi connectivity index (χ4v) is 1.91. The Labute approximate surface area is 101 Å². The Kier molecular flexibility index (Phi) is 3.20. The van der Waals surface area contributed by atoms with E-state index in [4.69, 9.17) is 5.73 Å². The van der Waals surface area contributed by atoms with Crippen molar-refractivity contribution in [2.24, 2.45) is 11.1 Å². The molecule has 2 N–H and O–H groups in total. The van der Waals surface area contributed by atoms with Gasteiger partial charge in [0.25, 0.3) is 0 Å². The van der Waals surface area contributed by atoms with Crippen molar-refractivity contribution < 1.29 is 4.39 Å². The summed E-state index contributed by atoms with van der Waals surface area (Å²) in [6.07, 6.45) is 2.93. The van der Waals surface area contributed by atoms with E-state index in [0.717, 1.165) is 18.5 Å². The van der Waals surface area contributed by atoms with Gasteiger partial charge < -0.3 is 10.3 Å². The van der Waals surface area contributed by atoms with Crippen LogP contribution in [0.4, 0.5) is 4.39 Å². The average molecular weight is 234 g/mol. The Morgan fingerprint density at radius 1 is 1.29 bits per heavy atom. The summed E-state index contributed by atoms with van der Waals surface area (Å²) in [5, 5.41) is 0.693. The zero-order valence-electron chi connectivity index (χ0n) is 10.4. The second-order valence-electron chi connectivity index (χ2n) is 5.30. The molecule has 1 heterocycles. The molecule has 0 atom stereocenters. The standard InChI is InChI=1S/C14H19FN2/c1-14(2,10-16)7-9-17-8-6-11-12(15)4-3-5-13(11)17/h3-6,8H,7,9-10,16H2,1-2H3. The van der Waals surface area contributed by atoms with Gasteiger partial charge in [-0.3, -0.25) is 0 Å². The van der Waals surface area contributed by atoms with Crippen LogP contribution in [-0.4, -0.2) is 11.1 Å². The van der Waals surface area contributed by atoms with E-state index in [0.29, 0.717) is 11.9 Å². The molecule has 2 rings (SSSR count). The van der Waals surface area contributed by atoms with E-state index < -0.39 is 0 Å². The Morgan fingerprint density at radius 2 is 2.06 bits per heavy atom. The van der Waals surface area contributed by atoms with Crippen LogP contribution in [0, 0.1) is 11.2 Å². The Balaban J connectivity index is 2.23.